The van der Waals surface area contributed by atoms with E-state index >= 15 is 0 Å². The lowest BCUT2D eigenvalue weighted by atomic mass is 10.1. The van der Waals surface area contributed by atoms with Crippen molar-refractivity contribution in [2.45, 2.75) is 6.42 Å². The van der Waals surface area contributed by atoms with Gasteiger partial charge >= 0.3 is 0 Å². The predicted molar refractivity (Wildman–Crippen MR) is 65.3 cm³/mol. The predicted octanol–water partition coefficient (Wildman–Crippen LogP) is 2.19. The minimum absolute atomic E-state index is 0.568. The molecule has 0 aliphatic heterocycles. The molecule has 0 aromatic heterocycles. The molecule has 3 heteroatoms. The molecular weight excluding hydrogens is 200 g/mol. The minimum atomic E-state index is 0.568. The van der Waals surface area contributed by atoms with Crippen molar-refractivity contribution in [1.82, 2.24) is 5.32 Å². The molecule has 3 nitrogen and oxygen atoms in total. The first-order valence-electron chi connectivity index (χ1n) is 5.21. The molecule has 0 saturated heterocycles. The average Bonchev–Trinajstić information content (AvgIpc) is 2.34. The van der Waals surface area contributed by atoms with Crippen LogP contribution in [0.3, 0.4) is 0 Å². The largest absolute Gasteiger partial charge is 0.495 e. The van der Waals surface area contributed by atoms with Crippen molar-refractivity contribution in [2.24, 2.45) is 0 Å². The lowest BCUT2D eigenvalue weighted by Crippen LogP contribution is -2.05. The summed E-state index contributed by atoms with van der Waals surface area (Å²) in [5, 5.41) is 12.0. The Morgan fingerprint density at radius 2 is 2.31 bits per heavy atom. The van der Waals surface area contributed by atoms with Crippen LogP contribution in [0.1, 0.15) is 17.5 Å². The molecule has 1 N–H and O–H groups in total. The second kappa shape index (κ2) is 6.65. The third-order valence-electron chi connectivity index (χ3n) is 2.22. The van der Waals surface area contributed by atoms with Crippen molar-refractivity contribution >= 4 is 6.08 Å². The summed E-state index contributed by atoms with van der Waals surface area (Å²) in [6.07, 6.45) is 5.07. The van der Waals surface area contributed by atoms with Crippen LogP contribution in [-0.2, 0) is 0 Å². The van der Waals surface area contributed by atoms with E-state index in [1.165, 1.54) is 0 Å². The van der Waals surface area contributed by atoms with E-state index in [2.05, 4.69) is 17.5 Å². The molecule has 0 bridgehead atoms. The topological polar surface area (TPSA) is 45.0 Å². The minimum Gasteiger partial charge on any atom is -0.495 e. The number of nitriles is 1. The van der Waals surface area contributed by atoms with E-state index in [1.807, 2.05) is 31.3 Å². The fraction of sp³-hybridized carbons (Fsp3) is 0.308. The highest BCUT2D eigenvalue weighted by Crippen LogP contribution is 2.19. The SMILES string of the molecule is CNCCC=Cc1ccc(OC)c(C#N)c1. The summed E-state index contributed by atoms with van der Waals surface area (Å²) in [5.74, 6) is 0.620. The Morgan fingerprint density at radius 3 is 2.94 bits per heavy atom. The molecule has 0 amide bonds. The first-order chi connectivity index (χ1) is 7.81. The third-order valence-corrected chi connectivity index (χ3v) is 2.22. The van der Waals surface area contributed by atoms with E-state index in [0.717, 1.165) is 18.5 Å². The molecule has 0 spiro atoms. The summed E-state index contributed by atoms with van der Waals surface area (Å²) in [5.41, 5.74) is 1.59. The maximum absolute atomic E-state index is 8.92. The van der Waals surface area contributed by atoms with Gasteiger partial charge in [-0.25, -0.2) is 0 Å². The summed E-state index contributed by atoms with van der Waals surface area (Å²) in [4.78, 5) is 0. The molecule has 0 aliphatic rings. The number of benzene rings is 1. The number of hydrogen-bond acceptors (Lipinski definition) is 3. The highest BCUT2D eigenvalue weighted by atomic mass is 16.5. The zero-order chi connectivity index (χ0) is 11.8. The fourth-order valence-corrected chi connectivity index (χ4v) is 1.36. The van der Waals surface area contributed by atoms with Crippen molar-refractivity contribution < 1.29 is 4.74 Å². The maximum atomic E-state index is 8.92. The van der Waals surface area contributed by atoms with E-state index in [-0.39, 0.29) is 0 Å². The third kappa shape index (κ3) is 3.41. The Kier molecular flexibility index (Phi) is 5.10. The van der Waals surface area contributed by atoms with Crippen LogP contribution in [0, 0.1) is 11.3 Å². The molecule has 0 atom stereocenters. The second-order valence-corrected chi connectivity index (χ2v) is 3.37. The molecule has 1 aromatic carbocycles. The number of nitrogens with one attached hydrogen (secondary N) is 1. The second-order valence-electron chi connectivity index (χ2n) is 3.37. The van der Waals surface area contributed by atoms with Crippen molar-refractivity contribution in [2.75, 3.05) is 20.7 Å². The van der Waals surface area contributed by atoms with Gasteiger partial charge in [0.2, 0.25) is 0 Å². The van der Waals surface area contributed by atoms with Crippen molar-refractivity contribution in [3.8, 4) is 11.8 Å². The van der Waals surface area contributed by atoms with Gasteiger partial charge in [0.15, 0.2) is 0 Å². The van der Waals surface area contributed by atoms with Gasteiger partial charge in [-0.15, -0.1) is 0 Å². The number of ether oxygens (including phenoxy) is 1. The van der Waals surface area contributed by atoms with E-state index in [0.29, 0.717) is 11.3 Å². The molecule has 1 rings (SSSR count). The van der Waals surface area contributed by atoms with Crippen molar-refractivity contribution in [3.63, 3.8) is 0 Å². The van der Waals surface area contributed by atoms with Gasteiger partial charge < -0.3 is 10.1 Å². The Bertz CT molecular complexity index is 405. The van der Waals surface area contributed by atoms with Crippen LogP contribution in [0.15, 0.2) is 24.3 Å². The number of hydrogen-bond donors (Lipinski definition) is 1. The number of methoxy groups -OCH3 is 1. The Balaban J connectivity index is 2.76. The van der Waals surface area contributed by atoms with Gasteiger partial charge in [-0.3, -0.25) is 0 Å². The van der Waals surface area contributed by atoms with Crippen LogP contribution in [0.25, 0.3) is 6.08 Å². The lowest BCUT2D eigenvalue weighted by Gasteiger charge is -2.02. The Hall–Kier alpha value is -1.79. The number of rotatable bonds is 5. The summed E-state index contributed by atoms with van der Waals surface area (Å²) in [6, 6.07) is 7.70. The highest BCUT2D eigenvalue weighted by molar-refractivity contribution is 5.56. The molecule has 0 aliphatic carbocycles. The quantitative estimate of drug-likeness (QED) is 0.767. The molecule has 0 radical (unpaired) electrons. The van der Waals surface area contributed by atoms with Gasteiger partial charge in [0.25, 0.3) is 0 Å². The molecule has 0 heterocycles. The van der Waals surface area contributed by atoms with Crippen LogP contribution < -0.4 is 10.1 Å². The van der Waals surface area contributed by atoms with E-state index in [9.17, 15) is 0 Å². The molecule has 84 valence electrons. The van der Waals surface area contributed by atoms with Gasteiger partial charge in [0, 0.05) is 0 Å². The number of nitrogens with zero attached hydrogens (tertiary/aromatic N) is 1. The van der Waals surface area contributed by atoms with E-state index in [1.54, 1.807) is 7.11 Å². The van der Waals surface area contributed by atoms with Gasteiger partial charge in [-0.2, -0.15) is 5.26 Å². The van der Waals surface area contributed by atoms with E-state index in [4.69, 9.17) is 10.00 Å². The fourth-order valence-electron chi connectivity index (χ4n) is 1.36. The van der Waals surface area contributed by atoms with Crippen molar-refractivity contribution in [1.29, 1.82) is 5.26 Å². The molecule has 1 aromatic rings. The molecule has 16 heavy (non-hydrogen) atoms. The smallest absolute Gasteiger partial charge is 0.136 e. The lowest BCUT2D eigenvalue weighted by molar-refractivity contribution is 0.413. The summed E-state index contributed by atoms with van der Waals surface area (Å²) in [6.45, 7) is 0.956. The molecule has 0 saturated carbocycles. The van der Waals surface area contributed by atoms with Crippen LogP contribution in [0.4, 0.5) is 0 Å². The summed E-state index contributed by atoms with van der Waals surface area (Å²) >= 11 is 0. The zero-order valence-corrected chi connectivity index (χ0v) is 9.66. The van der Waals surface area contributed by atoms with Gasteiger partial charge in [0.05, 0.1) is 12.7 Å². The Labute approximate surface area is 96.4 Å². The molecular formula is C13H16N2O. The summed E-state index contributed by atoms with van der Waals surface area (Å²) in [7, 11) is 3.49. The standard InChI is InChI=1S/C13H16N2O/c1-15-8-4-3-5-11-6-7-13(16-2)12(9-11)10-14/h3,5-7,9,15H,4,8H2,1-2H3. The van der Waals surface area contributed by atoms with Gasteiger partial charge in [0.1, 0.15) is 11.8 Å². The van der Waals surface area contributed by atoms with Crippen LogP contribution in [0.2, 0.25) is 0 Å². The van der Waals surface area contributed by atoms with Gasteiger partial charge in [-0.05, 0) is 37.7 Å². The van der Waals surface area contributed by atoms with Crippen LogP contribution in [-0.4, -0.2) is 20.7 Å². The monoisotopic (exact) mass is 216 g/mol. The first-order valence-corrected chi connectivity index (χ1v) is 5.21. The zero-order valence-electron chi connectivity index (χ0n) is 9.66. The van der Waals surface area contributed by atoms with E-state index < -0.39 is 0 Å². The van der Waals surface area contributed by atoms with Crippen LogP contribution in [0.5, 0.6) is 5.75 Å². The van der Waals surface area contributed by atoms with Crippen molar-refractivity contribution in [3.05, 3.63) is 35.4 Å². The van der Waals surface area contributed by atoms with Crippen LogP contribution >= 0.6 is 0 Å². The Morgan fingerprint density at radius 1 is 1.50 bits per heavy atom. The summed E-state index contributed by atoms with van der Waals surface area (Å²) < 4.78 is 5.08. The average molecular weight is 216 g/mol. The highest BCUT2D eigenvalue weighted by Gasteiger charge is 2.01. The maximum Gasteiger partial charge on any atom is 0.136 e. The normalized spacial score (nSPS) is 10.3. The molecule has 0 fully saturated rings. The van der Waals surface area contributed by atoms with Gasteiger partial charge in [-0.1, -0.05) is 18.2 Å². The first kappa shape index (κ1) is 12.3. The molecule has 0 unspecified atom stereocenters.